The van der Waals surface area contributed by atoms with E-state index in [0.29, 0.717) is 34.7 Å². The molecule has 0 saturated carbocycles. The maximum absolute atomic E-state index is 6.51. The predicted molar refractivity (Wildman–Crippen MR) is 129 cm³/mol. The van der Waals surface area contributed by atoms with E-state index in [0.717, 1.165) is 41.2 Å². The first kappa shape index (κ1) is 24.1. The molecule has 0 saturated heterocycles. The summed E-state index contributed by atoms with van der Waals surface area (Å²) in [6, 6.07) is 17.2. The van der Waals surface area contributed by atoms with Gasteiger partial charge in [0, 0.05) is 22.7 Å². The van der Waals surface area contributed by atoms with Gasteiger partial charge >= 0.3 is 0 Å². The van der Waals surface area contributed by atoms with Crippen molar-refractivity contribution >= 4 is 23.2 Å². The second kappa shape index (κ2) is 11.9. The van der Waals surface area contributed by atoms with Gasteiger partial charge in [-0.1, -0.05) is 41.4 Å². The van der Waals surface area contributed by atoms with Gasteiger partial charge in [-0.3, -0.25) is 0 Å². The van der Waals surface area contributed by atoms with E-state index >= 15 is 0 Å². The van der Waals surface area contributed by atoms with Crippen molar-refractivity contribution < 1.29 is 18.9 Å². The molecule has 0 unspecified atom stereocenters. The SMILES string of the molecule is COc1ccc(CCNCc2cc(OC)c(OCc3cccc(Cl)c3)cc2Cl)cc1OC. The lowest BCUT2D eigenvalue weighted by Gasteiger charge is -2.15. The van der Waals surface area contributed by atoms with Gasteiger partial charge in [-0.2, -0.15) is 0 Å². The zero-order valence-electron chi connectivity index (χ0n) is 18.4. The Balaban J connectivity index is 1.57. The molecule has 0 heterocycles. The molecule has 1 N–H and O–H groups in total. The average Bonchev–Trinajstić information content (AvgIpc) is 2.81. The van der Waals surface area contributed by atoms with E-state index in [4.69, 9.17) is 42.1 Å². The molecule has 3 rings (SSSR count). The van der Waals surface area contributed by atoms with Crippen LogP contribution in [0.15, 0.2) is 54.6 Å². The van der Waals surface area contributed by atoms with Crippen molar-refractivity contribution in [1.29, 1.82) is 0 Å². The van der Waals surface area contributed by atoms with Gasteiger partial charge in [-0.15, -0.1) is 0 Å². The number of nitrogens with one attached hydrogen (secondary N) is 1. The number of halogens is 2. The molecule has 0 spiro atoms. The van der Waals surface area contributed by atoms with Crippen LogP contribution in [0.2, 0.25) is 10.0 Å². The fraction of sp³-hybridized carbons (Fsp3) is 0.280. The summed E-state index contributed by atoms with van der Waals surface area (Å²) < 4.78 is 22.1. The Morgan fingerprint density at radius 1 is 0.750 bits per heavy atom. The molecule has 0 radical (unpaired) electrons. The molecule has 0 aliphatic rings. The lowest BCUT2D eigenvalue weighted by molar-refractivity contribution is 0.284. The Bertz CT molecular complexity index is 1040. The topological polar surface area (TPSA) is 49.0 Å². The van der Waals surface area contributed by atoms with Crippen molar-refractivity contribution in [2.75, 3.05) is 27.9 Å². The third kappa shape index (κ3) is 6.45. The fourth-order valence-corrected chi connectivity index (χ4v) is 3.70. The molecule has 170 valence electrons. The quantitative estimate of drug-likeness (QED) is 0.348. The third-order valence-corrected chi connectivity index (χ3v) is 5.56. The number of methoxy groups -OCH3 is 3. The molecule has 0 aliphatic heterocycles. The second-order valence-electron chi connectivity index (χ2n) is 7.13. The first-order chi connectivity index (χ1) is 15.5. The van der Waals surface area contributed by atoms with Crippen LogP contribution in [0.5, 0.6) is 23.0 Å². The first-order valence-electron chi connectivity index (χ1n) is 10.2. The van der Waals surface area contributed by atoms with Gasteiger partial charge in [0.05, 0.1) is 21.3 Å². The van der Waals surface area contributed by atoms with E-state index < -0.39 is 0 Å². The van der Waals surface area contributed by atoms with Gasteiger partial charge in [0.25, 0.3) is 0 Å². The molecule has 3 aromatic carbocycles. The first-order valence-corrected chi connectivity index (χ1v) is 10.9. The van der Waals surface area contributed by atoms with Crippen LogP contribution in [0.3, 0.4) is 0 Å². The van der Waals surface area contributed by atoms with Crippen LogP contribution in [0, 0.1) is 0 Å². The van der Waals surface area contributed by atoms with Crippen LogP contribution in [-0.4, -0.2) is 27.9 Å². The molecule has 32 heavy (non-hydrogen) atoms. The van der Waals surface area contributed by atoms with Gasteiger partial charge in [0.1, 0.15) is 6.61 Å². The number of rotatable bonds is 11. The Kier molecular flexibility index (Phi) is 8.91. The number of benzene rings is 3. The molecule has 5 nitrogen and oxygen atoms in total. The van der Waals surface area contributed by atoms with Crippen molar-refractivity contribution in [1.82, 2.24) is 5.32 Å². The molecular weight excluding hydrogens is 449 g/mol. The molecule has 7 heteroatoms. The van der Waals surface area contributed by atoms with E-state index in [-0.39, 0.29) is 0 Å². The lowest BCUT2D eigenvalue weighted by Crippen LogP contribution is -2.17. The summed E-state index contributed by atoms with van der Waals surface area (Å²) in [5, 5.41) is 4.71. The Morgan fingerprint density at radius 3 is 2.22 bits per heavy atom. The van der Waals surface area contributed by atoms with E-state index in [1.807, 2.05) is 48.5 Å². The normalized spacial score (nSPS) is 10.7. The third-order valence-electron chi connectivity index (χ3n) is 4.97. The summed E-state index contributed by atoms with van der Waals surface area (Å²) in [4.78, 5) is 0. The highest BCUT2D eigenvalue weighted by Gasteiger charge is 2.11. The minimum atomic E-state index is 0.371. The largest absolute Gasteiger partial charge is 0.493 e. The highest BCUT2D eigenvalue weighted by Crippen LogP contribution is 2.34. The molecule has 0 aromatic heterocycles. The molecular formula is C25H27Cl2NO4. The van der Waals surface area contributed by atoms with Gasteiger partial charge in [0.15, 0.2) is 23.0 Å². The van der Waals surface area contributed by atoms with Crippen molar-refractivity contribution in [2.24, 2.45) is 0 Å². The summed E-state index contributed by atoms with van der Waals surface area (Å²) in [5.41, 5.74) is 3.06. The maximum atomic E-state index is 6.51. The minimum Gasteiger partial charge on any atom is -0.493 e. The van der Waals surface area contributed by atoms with Crippen molar-refractivity contribution in [2.45, 2.75) is 19.6 Å². The zero-order chi connectivity index (χ0) is 22.9. The van der Waals surface area contributed by atoms with Crippen LogP contribution in [0.25, 0.3) is 0 Å². The van der Waals surface area contributed by atoms with Crippen LogP contribution in [0.1, 0.15) is 16.7 Å². The van der Waals surface area contributed by atoms with Crippen molar-refractivity contribution in [3.8, 4) is 23.0 Å². The van der Waals surface area contributed by atoms with E-state index in [2.05, 4.69) is 5.32 Å². The predicted octanol–water partition coefficient (Wildman–Crippen LogP) is 5.93. The summed E-state index contributed by atoms with van der Waals surface area (Å²) in [6.07, 6.45) is 0.843. The van der Waals surface area contributed by atoms with Crippen molar-refractivity contribution in [3.05, 3.63) is 81.3 Å². The standard InChI is InChI=1S/C25H27Cl2NO4/c1-29-22-8-7-17(12-23(22)30-2)9-10-28-15-19-13-24(31-3)25(14-21(19)27)32-16-18-5-4-6-20(26)11-18/h4-8,11-14,28H,9-10,15-16H2,1-3H3. The number of hydrogen-bond donors (Lipinski definition) is 1. The van der Waals surface area contributed by atoms with Crippen LogP contribution in [0.4, 0.5) is 0 Å². The smallest absolute Gasteiger partial charge is 0.163 e. The summed E-state index contributed by atoms with van der Waals surface area (Å²) >= 11 is 12.5. The van der Waals surface area contributed by atoms with Gasteiger partial charge in [0.2, 0.25) is 0 Å². The minimum absolute atomic E-state index is 0.371. The number of ether oxygens (including phenoxy) is 4. The van der Waals surface area contributed by atoms with Gasteiger partial charge in [-0.05, 0) is 60.0 Å². The van der Waals surface area contributed by atoms with E-state index in [1.54, 1.807) is 27.4 Å². The second-order valence-corrected chi connectivity index (χ2v) is 7.97. The van der Waals surface area contributed by atoms with Gasteiger partial charge in [-0.25, -0.2) is 0 Å². The summed E-state index contributed by atoms with van der Waals surface area (Å²) in [6.45, 7) is 1.76. The van der Waals surface area contributed by atoms with Crippen molar-refractivity contribution in [3.63, 3.8) is 0 Å². The zero-order valence-corrected chi connectivity index (χ0v) is 19.9. The maximum Gasteiger partial charge on any atom is 0.163 e. The molecule has 3 aromatic rings. The van der Waals surface area contributed by atoms with E-state index in [1.165, 1.54) is 0 Å². The molecule has 0 bridgehead atoms. The Hall–Kier alpha value is -2.60. The van der Waals surface area contributed by atoms with Crippen LogP contribution in [-0.2, 0) is 19.6 Å². The highest BCUT2D eigenvalue weighted by molar-refractivity contribution is 6.31. The van der Waals surface area contributed by atoms with Crippen LogP contribution < -0.4 is 24.3 Å². The monoisotopic (exact) mass is 475 g/mol. The summed E-state index contributed by atoms with van der Waals surface area (Å²) in [5.74, 6) is 2.67. The molecule has 0 atom stereocenters. The molecule has 0 amide bonds. The summed E-state index contributed by atoms with van der Waals surface area (Å²) in [7, 11) is 4.88. The highest BCUT2D eigenvalue weighted by atomic mass is 35.5. The Labute approximate surface area is 199 Å². The lowest BCUT2D eigenvalue weighted by atomic mass is 10.1. The van der Waals surface area contributed by atoms with E-state index in [9.17, 15) is 0 Å². The van der Waals surface area contributed by atoms with Crippen LogP contribution >= 0.6 is 23.2 Å². The fourth-order valence-electron chi connectivity index (χ4n) is 3.26. The van der Waals surface area contributed by atoms with Gasteiger partial charge < -0.3 is 24.3 Å². The molecule has 0 fully saturated rings. The number of hydrogen-bond acceptors (Lipinski definition) is 5. The average molecular weight is 476 g/mol. The molecule has 0 aliphatic carbocycles. The Morgan fingerprint density at radius 2 is 1.50 bits per heavy atom.